The Kier molecular flexibility index (Phi) is 2.83. The molecule has 0 saturated heterocycles. The van der Waals surface area contributed by atoms with Crippen LogP contribution in [0.2, 0.25) is 0 Å². The number of rotatable bonds is 1. The van der Waals surface area contributed by atoms with Gasteiger partial charge in [-0.05, 0) is 41.5 Å². The van der Waals surface area contributed by atoms with Crippen LogP contribution in [0.25, 0.3) is 11.1 Å². The number of hydrogen-bond donors (Lipinski definition) is 1. The minimum absolute atomic E-state index is 0.363. The molecule has 0 amide bonds. The lowest BCUT2D eigenvalue weighted by atomic mass is 9.93. The van der Waals surface area contributed by atoms with E-state index in [0.29, 0.717) is 13.2 Å². The van der Waals surface area contributed by atoms with Crippen molar-refractivity contribution in [2.24, 2.45) is 0 Å². The molecular weight excluding hydrogens is 250 g/mol. The first kappa shape index (κ1) is 12.1. The molecule has 1 aliphatic heterocycles. The van der Waals surface area contributed by atoms with Crippen molar-refractivity contribution in [3.63, 3.8) is 0 Å². The second-order valence-corrected chi connectivity index (χ2v) is 5.62. The molecule has 2 aromatic rings. The number of nitrogens with zero attached hydrogens (tertiary/aromatic N) is 1. The molecule has 0 spiro atoms. The van der Waals surface area contributed by atoms with Gasteiger partial charge in [0.1, 0.15) is 6.10 Å². The zero-order valence-corrected chi connectivity index (χ0v) is 11.3. The molecule has 3 heteroatoms. The van der Waals surface area contributed by atoms with Crippen LogP contribution in [0.1, 0.15) is 34.8 Å². The predicted molar refractivity (Wildman–Crippen MR) is 76.3 cm³/mol. The minimum atomic E-state index is -0.555. The maximum Gasteiger partial charge on any atom is 0.104 e. The Morgan fingerprint density at radius 3 is 3.00 bits per heavy atom. The summed E-state index contributed by atoms with van der Waals surface area (Å²) in [6.07, 6.45) is 6.72. The van der Waals surface area contributed by atoms with E-state index in [2.05, 4.69) is 23.2 Å². The van der Waals surface area contributed by atoms with Crippen LogP contribution < -0.4 is 0 Å². The highest BCUT2D eigenvalue weighted by atomic mass is 16.5. The molecule has 20 heavy (non-hydrogen) atoms. The lowest BCUT2D eigenvalue weighted by molar-refractivity contribution is 0.00981. The smallest absolute Gasteiger partial charge is 0.104 e. The average Bonchev–Trinajstić information content (AvgIpc) is 2.94. The van der Waals surface area contributed by atoms with Gasteiger partial charge in [0.2, 0.25) is 0 Å². The van der Waals surface area contributed by atoms with Crippen molar-refractivity contribution in [2.45, 2.75) is 32.0 Å². The Hall–Kier alpha value is -1.71. The van der Waals surface area contributed by atoms with Gasteiger partial charge in [-0.1, -0.05) is 18.2 Å². The van der Waals surface area contributed by atoms with Gasteiger partial charge in [0.25, 0.3) is 0 Å². The molecule has 0 saturated carbocycles. The first-order chi connectivity index (χ1) is 9.83. The van der Waals surface area contributed by atoms with Gasteiger partial charge in [-0.3, -0.25) is 4.98 Å². The quantitative estimate of drug-likeness (QED) is 0.864. The maximum atomic E-state index is 10.0. The standard InChI is InChI=1S/C17H17NO2/c19-17-10-20-9-16-14(7-18-8-15(16)17)13-5-4-11-2-1-3-12(11)6-13/h4-8,17,19H,1-3,9-10H2. The number of aliphatic hydroxyl groups excluding tert-OH is 1. The van der Waals surface area contributed by atoms with E-state index in [9.17, 15) is 5.11 Å². The third kappa shape index (κ3) is 1.86. The van der Waals surface area contributed by atoms with E-state index in [1.807, 2.05) is 6.20 Å². The van der Waals surface area contributed by atoms with Crippen molar-refractivity contribution in [1.82, 2.24) is 4.98 Å². The van der Waals surface area contributed by atoms with Crippen molar-refractivity contribution >= 4 is 0 Å². The predicted octanol–water partition coefficient (Wildman–Crippen LogP) is 2.80. The number of ether oxygens (including phenoxy) is 1. The van der Waals surface area contributed by atoms with Gasteiger partial charge in [-0.15, -0.1) is 0 Å². The zero-order valence-electron chi connectivity index (χ0n) is 11.3. The van der Waals surface area contributed by atoms with E-state index in [1.54, 1.807) is 6.20 Å². The van der Waals surface area contributed by atoms with E-state index >= 15 is 0 Å². The topological polar surface area (TPSA) is 42.4 Å². The summed E-state index contributed by atoms with van der Waals surface area (Å²) >= 11 is 0. The van der Waals surface area contributed by atoms with Crippen molar-refractivity contribution in [1.29, 1.82) is 0 Å². The fourth-order valence-electron chi connectivity index (χ4n) is 3.30. The molecule has 0 radical (unpaired) electrons. The van der Waals surface area contributed by atoms with Gasteiger partial charge in [-0.2, -0.15) is 0 Å². The van der Waals surface area contributed by atoms with E-state index in [-0.39, 0.29) is 0 Å². The van der Waals surface area contributed by atoms with Crippen LogP contribution in [0, 0.1) is 0 Å². The van der Waals surface area contributed by atoms with Crippen LogP contribution in [-0.2, 0) is 24.2 Å². The highest BCUT2D eigenvalue weighted by molar-refractivity contribution is 5.69. The van der Waals surface area contributed by atoms with Crippen LogP contribution in [0.4, 0.5) is 0 Å². The molecule has 1 aliphatic carbocycles. The maximum absolute atomic E-state index is 10.0. The van der Waals surface area contributed by atoms with Gasteiger partial charge in [-0.25, -0.2) is 0 Å². The molecule has 3 nitrogen and oxygen atoms in total. The highest BCUT2D eigenvalue weighted by Crippen LogP contribution is 2.34. The van der Waals surface area contributed by atoms with Crippen LogP contribution in [0.15, 0.2) is 30.6 Å². The third-order valence-electron chi connectivity index (χ3n) is 4.38. The Labute approximate surface area is 118 Å². The number of aliphatic hydroxyl groups is 1. The Morgan fingerprint density at radius 1 is 1.15 bits per heavy atom. The van der Waals surface area contributed by atoms with Crippen molar-refractivity contribution in [2.75, 3.05) is 6.61 Å². The molecule has 1 aromatic heterocycles. The van der Waals surface area contributed by atoms with Gasteiger partial charge in [0.15, 0.2) is 0 Å². The molecule has 0 fully saturated rings. The minimum Gasteiger partial charge on any atom is -0.386 e. The normalized spacial score (nSPS) is 20.6. The van der Waals surface area contributed by atoms with Crippen LogP contribution in [0.5, 0.6) is 0 Å². The van der Waals surface area contributed by atoms with Gasteiger partial charge < -0.3 is 9.84 Å². The number of aryl methyl sites for hydroxylation is 2. The molecule has 1 aromatic carbocycles. The van der Waals surface area contributed by atoms with Crippen molar-refractivity contribution in [3.8, 4) is 11.1 Å². The molecule has 1 unspecified atom stereocenters. The molecule has 1 N–H and O–H groups in total. The van der Waals surface area contributed by atoms with Gasteiger partial charge in [0.05, 0.1) is 13.2 Å². The monoisotopic (exact) mass is 267 g/mol. The summed E-state index contributed by atoms with van der Waals surface area (Å²) in [7, 11) is 0. The lowest BCUT2D eigenvalue weighted by Crippen LogP contribution is -2.17. The number of benzene rings is 1. The molecule has 2 aliphatic rings. The number of pyridine rings is 1. The summed E-state index contributed by atoms with van der Waals surface area (Å²) in [5.41, 5.74) is 7.20. The van der Waals surface area contributed by atoms with E-state index in [0.717, 1.165) is 16.7 Å². The summed E-state index contributed by atoms with van der Waals surface area (Å²) in [5, 5.41) is 10.0. The lowest BCUT2D eigenvalue weighted by Gasteiger charge is -2.23. The SMILES string of the molecule is OC1COCc2c(-c3ccc4c(c3)CCC4)cncc21. The van der Waals surface area contributed by atoms with Crippen molar-refractivity contribution < 1.29 is 9.84 Å². The molecule has 1 atom stereocenters. The summed E-state index contributed by atoms with van der Waals surface area (Å²) < 4.78 is 5.49. The fraction of sp³-hybridized carbons (Fsp3) is 0.353. The molecule has 2 heterocycles. The van der Waals surface area contributed by atoms with Crippen LogP contribution >= 0.6 is 0 Å². The first-order valence-electron chi connectivity index (χ1n) is 7.17. The number of hydrogen-bond acceptors (Lipinski definition) is 3. The Bertz CT molecular complexity index is 666. The summed E-state index contributed by atoms with van der Waals surface area (Å²) in [4.78, 5) is 4.30. The molecule has 4 rings (SSSR count). The fourth-order valence-corrected chi connectivity index (χ4v) is 3.30. The Balaban J connectivity index is 1.85. The summed E-state index contributed by atoms with van der Waals surface area (Å²) in [5.74, 6) is 0. The first-order valence-corrected chi connectivity index (χ1v) is 7.17. The molecular formula is C17H17NO2. The van der Waals surface area contributed by atoms with Crippen molar-refractivity contribution in [3.05, 3.63) is 52.8 Å². The number of aromatic nitrogens is 1. The Morgan fingerprint density at radius 2 is 2.05 bits per heavy atom. The second-order valence-electron chi connectivity index (χ2n) is 5.62. The van der Waals surface area contributed by atoms with Crippen LogP contribution in [-0.4, -0.2) is 16.7 Å². The average molecular weight is 267 g/mol. The summed E-state index contributed by atoms with van der Waals surface area (Å²) in [6, 6.07) is 6.68. The number of fused-ring (bicyclic) bond motifs is 2. The third-order valence-corrected chi connectivity index (χ3v) is 4.38. The molecule has 102 valence electrons. The van der Waals surface area contributed by atoms with E-state index in [4.69, 9.17) is 4.74 Å². The van der Waals surface area contributed by atoms with E-state index < -0.39 is 6.10 Å². The van der Waals surface area contributed by atoms with E-state index in [1.165, 1.54) is 36.0 Å². The molecule has 0 bridgehead atoms. The van der Waals surface area contributed by atoms with Gasteiger partial charge in [0, 0.05) is 23.5 Å². The highest BCUT2D eigenvalue weighted by Gasteiger charge is 2.22. The van der Waals surface area contributed by atoms with Gasteiger partial charge >= 0.3 is 0 Å². The zero-order chi connectivity index (χ0) is 13.5. The second kappa shape index (κ2) is 4.69. The summed E-state index contributed by atoms with van der Waals surface area (Å²) in [6.45, 7) is 0.920. The largest absolute Gasteiger partial charge is 0.386 e. The van der Waals surface area contributed by atoms with Crippen LogP contribution in [0.3, 0.4) is 0 Å².